The van der Waals surface area contributed by atoms with Gasteiger partial charge in [0.05, 0.1) is 5.76 Å². The highest BCUT2D eigenvalue weighted by molar-refractivity contribution is 6.99. The monoisotopic (exact) mass is 584 g/mol. The van der Waals surface area contributed by atoms with Crippen LogP contribution in [-0.2, 0) is 13.3 Å². The van der Waals surface area contributed by atoms with Gasteiger partial charge in [-0.25, -0.2) is 0 Å². The molecule has 0 fully saturated rings. The fourth-order valence-electron chi connectivity index (χ4n) is 4.88. The van der Waals surface area contributed by atoms with Crippen LogP contribution in [0.5, 0.6) is 0 Å². The van der Waals surface area contributed by atoms with Gasteiger partial charge in [0.2, 0.25) is 8.32 Å². The summed E-state index contributed by atoms with van der Waals surface area (Å²) in [5, 5.41) is 2.76. The first kappa shape index (κ1) is 33.8. The molecule has 0 aliphatic heterocycles. The highest BCUT2D eigenvalue weighted by Gasteiger charge is 2.50. The molecule has 218 valence electrons. The Bertz CT molecular complexity index is 992. The lowest BCUT2D eigenvalue weighted by Crippen LogP contribution is -2.66. The minimum absolute atomic E-state index is 0.0427. The van der Waals surface area contributed by atoms with E-state index in [1.807, 2.05) is 0 Å². The van der Waals surface area contributed by atoms with Gasteiger partial charge in [0, 0.05) is 19.1 Å². The summed E-state index contributed by atoms with van der Waals surface area (Å²) < 4.78 is 20.4. The van der Waals surface area contributed by atoms with Crippen LogP contribution >= 0.6 is 0 Å². The Kier molecular flexibility index (Phi) is 11.3. The van der Waals surface area contributed by atoms with Crippen molar-refractivity contribution in [1.82, 2.24) is 0 Å². The van der Waals surface area contributed by atoms with E-state index in [1.165, 1.54) is 10.4 Å². The normalized spacial score (nSPS) is 15.1. The van der Waals surface area contributed by atoms with Crippen molar-refractivity contribution in [2.75, 3.05) is 13.2 Å². The molecule has 6 heteroatoms. The van der Waals surface area contributed by atoms with Crippen molar-refractivity contribution >= 4 is 35.3 Å². The summed E-state index contributed by atoms with van der Waals surface area (Å²) >= 11 is 0. The molecule has 39 heavy (non-hydrogen) atoms. The molecule has 0 aliphatic rings. The van der Waals surface area contributed by atoms with Gasteiger partial charge in [-0.15, -0.1) is 0 Å². The minimum atomic E-state index is -2.58. The number of allylic oxidation sites excluding steroid dienone is 1. The summed E-state index contributed by atoms with van der Waals surface area (Å²) in [6, 6.07) is 21.8. The molecule has 2 aromatic carbocycles. The Hall–Kier alpha value is -1.45. The molecule has 0 saturated heterocycles. The van der Waals surface area contributed by atoms with Crippen molar-refractivity contribution in [2.24, 2.45) is 11.8 Å². The van der Waals surface area contributed by atoms with Crippen LogP contribution in [0.4, 0.5) is 0 Å². The molecule has 2 atom stereocenters. The molecule has 0 aromatic heterocycles. The molecule has 2 rings (SSSR count). The maximum Gasteiger partial charge on any atom is 0.261 e. The first-order valence-electron chi connectivity index (χ1n) is 14.6. The van der Waals surface area contributed by atoms with E-state index >= 15 is 0 Å². The van der Waals surface area contributed by atoms with Crippen molar-refractivity contribution in [3.63, 3.8) is 0 Å². The molecular formula is C33H56O3Si3. The zero-order valence-corrected chi connectivity index (χ0v) is 30.0. The highest BCUT2D eigenvalue weighted by atomic mass is 28.4. The molecule has 0 aliphatic carbocycles. The average Bonchev–Trinajstić information content (AvgIpc) is 2.82. The standard InChI is InChI=1S/C33H56O3Si3/c1-27(28(2)36-37(9,10)11)29(26-35-38(12,13)32(3,4)5)24-25-34-39(33(6,7)8,30-20-16-14-17-21-30)31-22-18-15-19-23-31/h14-23,27,29H,2,24-26H2,1,3-13H3/t27-,29-/m1/s1. The van der Waals surface area contributed by atoms with E-state index < -0.39 is 25.0 Å². The van der Waals surface area contributed by atoms with Gasteiger partial charge < -0.3 is 13.3 Å². The molecule has 0 heterocycles. The van der Waals surface area contributed by atoms with Crippen LogP contribution < -0.4 is 10.4 Å². The largest absolute Gasteiger partial charge is 0.548 e. The molecule has 0 saturated carbocycles. The summed E-state index contributed by atoms with van der Waals surface area (Å²) in [5.74, 6) is 1.34. The second-order valence-corrected chi connectivity index (χ2v) is 28.1. The first-order chi connectivity index (χ1) is 17.8. The maximum atomic E-state index is 7.26. The first-order valence-corrected chi connectivity index (χ1v) is 22.8. The van der Waals surface area contributed by atoms with Crippen LogP contribution in [-0.4, -0.2) is 38.2 Å². The topological polar surface area (TPSA) is 27.7 Å². The van der Waals surface area contributed by atoms with Gasteiger partial charge in [0.15, 0.2) is 8.32 Å². The third kappa shape index (κ3) is 8.77. The molecule has 0 spiro atoms. The summed E-state index contributed by atoms with van der Waals surface area (Å²) in [5.41, 5.74) is 0. The van der Waals surface area contributed by atoms with Crippen LogP contribution in [0.3, 0.4) is 0 Å². The fourth-order valence-corrected chi connectivity index (χ4v) is 11.5. The van der Waals surface area contributed by atoms with Crippen LogP contribution in [0, 0.1) is 11.8 Å². The van der Waals surface area contributed by atoms with E-state index in [2.05, 4.69) is 148 Å². The third-order valence-corrected chi connectivity index (χ3v) is 18.8. The summed E-state index contributed by atoms with van der Waals surface area (Å²) in [4.78, 5) is 0. The van der Waals surface area contributed by atoms with Gasteiger partial charge in [0.1, 0.15) is 0 Å². The summed E-state index contributed by atoms with van der Waals surface area (Å²) in [6.07, 6.45) is 0.897. The van der Waals surface area contributed by atoms with Crippen LogP contribution in [0.2, 0.25) is 42.8 Å². The SMILES string of the molecule is C=C(O[Si](C)(C)C)[C@@H](C)[C@H](CCO[Si](c1ccccc1)(c1ccccc1)C(C)(C)C)CO[Si](C)(C)C(C)(C)C. The van der Waals surface area contributed by atoms with E-state index in [0.29, 0.717) is 13.2 Å². The van der Waals surface area contributed by atoms with Crippen molar-refractivity contribution in [2.45, 2.75) is 97.7 Å². The van der Waals surface area contributed by atoms with E-state index in [1.54, 1.807) is 0 Å². The lowest BCUT2D eigenvalue weighted by Gasteiger charge is -2.43. The second-order valence-electron chi connectivity index (χ2n) is 14.6. The fraction of sp³-hybridized carbons (Fsp3) is 0.576. The Morgan fingerprint density at radius 3 is 1.59 bits per heavy atom. The van der Waals surface area contributed by atoms with Crippen LogP contribution in [0.25, 0.3) is 0 Å². The second kappa shape index (κ2) is 13.0. The van der Waals surface area contributed by atoms with Gasteiger partial charge in [-0.1, -0.05) is 116 Å². The number of rotatable bonds is 13. The van der Waals surface area contributed by atoms with Gasteiger partial charge in [-0.2, -0.15) is 0 Å². The van der Waals surface area contributed by atoms with Gasteiger partial charge in [0.25, 0.3) is 8.32 Å². The molecule has 0 bridgehead atoms. The molecule has 2 aromatic rings. The lowest BCUT2D eigenvalue weighted by molar-refractivity contribution is 0.147. The van der Waals surface area contributed by atoms with Gasteiger partial charge >= 0.3 is 0 Å². The maximum absolute atomic E-state index is 7.26. The van der Waals surface area contributed by atoms with Crippen molar-refractivity contribution in [1.29, 1.82) is 0 Å². The number of hydrogen-bond donors (Lipinski definition) is 0. The number of benzene rings is 2. The summed E-state index contributed by atoms with van der Waals surface area (Å²) in [7, 11) is -6.23. The Morgan fingerprint density at radius 2 is 1.21 bits per heavy atom. The zero-order chi connectivity index (χ0) is 29.7. The van der Waals surface area contributed by atoms with Crippen LogP contribution in [0.1, 0.15) is 54.9 Å². The molecule has 3 nitrogen and oxygen atoms in total. The predicted molar refractivity (Wildman–Crippen MR) is 178 cm³/mol. The van der Waals surface area contributed by atoms with Gasteiger partial charge in [-0.05, 0) is 65.5 Å². The summed E-state index contributed by atoms with van der Waals surface area (Å²) in [6.45, 7) is 33.3. The molecule has 0 radical (unpaired) electrons. The van der Waals surface area contributed by atoms with E-state index in [0.717, 1.165) is 12.2 Å². The van der Waals surface area contributed by atoms with Crippen molar-refractivity contribution < 1.29 is 13.3 Å². The molecule has 0 unspecified atom stereocenters. The van der Waals surface area contributed by atoms with E-state index in [9.17, 15) is 0 Å². The van der Waals surface area contributed by atoms with Crippen molar-refractivity contribution in [3.8, 4) is 0 Å². The Balaban J connectivity index is 2.40. The molecular weight excluding hydrogens is 529 g/mol. The minimum Gasteiger partial charge on any atom is -0.548 e. The molecule has 0 amide bonds. The number of hydrogen-bond acceptors (Lipinski definition) is 3. The molecule has 0 N–H and O–H groups in total. The van der Waals surface area contributed by atoms with Crippen LogP contribution in [0.15, 0.2) is 73.0 Å². The highest BCUT2D eigenvalue weighted by Crippen LogP contribution is 2.39. The van der Waals surface area contributed by atoms with E-state index in [4.69, 9.17) is 13.3 Å². The predicted octanol–water partition coefficient (Wildman–Crippen LogP) is 8.59. The smallest absolute Gasteiger partial charge is 0.261 e. The average molecular weight is 585 g/mol. The quantitative estimate of drug-likeness (QED) is 0.174. The zero-order valence-electron chi connectivity index (χ0n) is 27.0. The Morgan fingerprint density at radius 1 is 0.744 bits per heavy atom. The van der Waals surface area contributed by atoms with Crippen molar-refractivity contribution in [3.05, 3.63) is 73.0 Å². The lowest BCUT2D eigenvalue weighted by atomic mass is 9.91. The van der Waals surface area contributed by atoms with E-state index in [-0.39, 0.29) is 21.9 Å². The Labute approximate surface area is 243 Å². The third-order valence-electron chi connectivity index (χ3n) is 8.34. The van der Waals surface area contributed by atoms with Gasteiger partial charge in [-0.3, -0.25) is 0 Å².